The van der Waals surface area contributed by atoms with Gasteiger partial charge in [-0.3, -0.25) is 14.4 Å². The van der Waals surface area contributed by atoms with Crippen LogP contribution in [0.3, 0.4) is 0 Å². The van der Waals surface area contributed by atoms with Crippen LogP contribution >= 0.6 is 27.5 Å². The zero-order valence-electron chi connectivity index (χ0n) is 18.3. The van der Waals surface area contributed by atoms with E-state index in [1.54, 1.807) is 48.5 Å². The van der Waals surface area contributed by atoms with Crippen molar-refractivity contribution in [3.8, 4) is 0 Å². The second-order valence-electron chi connectivity index (χ2n) is 8.63. The number of allylic oxidation sites excluding steroid dienone is 3. The molecule has 6 rings (SSSR count). The molecule has 2 heterocycles. The summed E-state index contributed by atoms with van der Waals surface area (Å²) in [6.45, 7) is 1.04. The summed E-state index contributed by atoms with van der Waals surface area (Å²) >= 11 is 9.59. The molecule has 1 unspecified atom stereocenters. The van der Waals surface area contributed by atoms with Crippen LogP contribution < -0.4 is 5.32 Å². The zero-order valence-corrected chi connectivity index (χ0v) is 20.7. The number of rotatable bonds is 3. The van der Waals surface area contributed by atoms with Crippen LogP contribution in [0.1, 0.15) is 42.6 Å². The van der Waals surface area contributed by atoms with E-state index in [0.717, 1.165) is 10.0 Å². The van der Waals surface area contributed by atoms with Crippen molar-refractivity contribution in [3.63, 3.8) is 0 Å². The van der Waals surface area contributed by atoms with Gasteiger partial charge >= 0.3 is 0 Å². The van der Waals surface area contributed by atoms with Gasteiger partial charge < -0.3 is 10.2 Å². The quantitative estimate of drug-likeness (QED) is 0.438. The van der Waals surface area contributed by atoms with E-state index in [1.165, 1.54) is 0 Å². The van der Waals surface area contributed by atoms with Crippen molar-refractivity contribution in [2.45, 2.75) is 5.92 Å². The Morgan fingerprint density at radius 2 is 1.57 bits per heavy atom. The van der Waals surface area contributed by atoms with Gasteiger partial charge in [0, 0.05) is 50.8 Å². The first kappa shape index (κ1) is 22.0. The minimum atomic E-state index is -0.722. The molecule has 35 heavy (non-hydrogen) atoms. The van der Waals surface area contributed by atoms with Gasteiger partial charge in [0.2, 0.25) is 5.78 Å². The Balaban J connectivity index is 1.62. The van der Waals surface area contributed by atoms with Gasteiger partial charge in [0.1, 0.15) is 5.82 Å². The highest BCUT2D eigenvalue weighted by atomic mass is 79.9. The van der Waals surface area contributed by atoms with Crippen LogP contribution in [-0.2, 0) is 0 Å². The molecule has 3 aliphatic rings. The van der Waals surface area contributed by atoms with Crippen molar-refractivity contribution in [3.05, 3.63) is 127 Å². The lowest BCUT2D eigenvalue weighted by atomic mass is 9.72. The molecule has 1 fully saturated rings. The van der Waals surface area contributed by atoms with Crippen LogP contribution in [-0.4, -0.2) is 35.3 Å². The van der Waals surface area contributed by atoms with E-state index >= 15 is 0 Å². The Morgan fingerprint density at radius 1 is 0.914 bits per heavy atom. The number of nitrogens with zero attached hydrogens (tertiary/aromatic N) is 1. The average Bonchev–Trinajstić information content (AvgIpc) is 3.36. The number of ketones is 3. The SMILES string of the molecule is O=C(C1=C2NCCN2C2=C(C(=O)c3ccccc3C2=O)C1c1ccc(Cl)cc1)c1ccc(Br)cc1. The number of carbonyl (C=O) groups is 3. The summed E-state index contributed by atoms with van der Waals surface area (Å²) in [5, 5.41) is 3.87. The summed E-state index contributed by atoms with van der Waals surface area (Å²) in [5.41, 5.74) is 3.11. The third-order valence-corrected chi connectivity index (χ3v) is 7.47. The molecule has 0 spiro atoms. The minimum absolute atomic E-state index is 0.197. The summed E-state index contributed by atoms with van der Waals surface area (Å²) in [6, 6.07) is 21.1. The first-order valence-corrected chi connectivity index (χ1v) is 12.4. The predicted octanol–water partition coefficient (Wildman–Crippen LogP) is 5.53. The molecule has 1 N–H and O–H groups in total. The van der Waals surface area contributed by atoms with Crippen LogP contribution in [0.2, 0.25) is 5.02 Å². The minimum Gasteiger partial charge on any atom is -0.369 e. The van der Waals surface area contributed by atoms with Gasteiger partial charge in [-0.05, 0) is 42.0 Å². The second-order valence-corrected chi connectivity index (χ2v) is 9.98. The molecule has 0 bridgehead atoms. The largest absolute Gasteiger partial charge is 0.369 e. The molecule has 1 aliphatic carbocycles. The number of fused-ring (bicyclic) bond motifs is 3. The van der Waals surface area contributed by atoms with Crippen molar-refractivity contribution in [1.29, 1.82) is 0 Å². The third kappa shape index (κ3) is 3.39. The lowest BCUT2D eigenvalue weighted by Crippen LogP contribution is -2.40. The number of nitrogens with one attached hydrogen (secondary N) is 1. The van der Waals surface area contributed by atoms with E-state index in [0.29, 0.717) is 57.5 Å². The van der Waals surface area contributed by atoms with Crippen molar-refractivity contribution >= 4 is 44.9 Å². The summed E-state index contributed by atoms with van der Waals surface area (Å²) in [4.78, 5) is 43.5. The number of halogens is 2. The molecule has 7 heteroatoms. The van der Waals surface area contributed by atoms with Crippen molar-refractivity contribution < 1.29 is 14.4 Å². The highest BCUT2D eigenvalue weighted by Crippen LogP contribution is 2.47. The Kier molecular flexibility index (Phi) is 5.24. The van der Waals surface area contributed by atoms with Gasteiger partial charge in [-0.25, -0.2) is 0 Å². The fraction of sp³-hybridized carbons (Fsp3) is 0.107. The number of benzene rings is 3. The monoisotopic (exact) mass is 544 g/mol. The third-order valence-electron chi connectivity index (χ3n) is 6.69. The normalized spacial score (nSPS) is 18.8. The second kappa shape index (κ2) is 8.33. The average molecular weight is 546 g/mol. The van der Waals surface area contributed by atoms with E-state index in [1.807, 2.05) is 29.2 Å². The highest BCUT2D eigenvalue weighted by molar-refractivity contribution is 9.10. The first-order chi connectivity index (χ1) is 17.0. The Morgan fingerprint density at radius 3 is 2.26 bits per heavy atom. The maximum atomic E-state index is 14.0. The molecule has 172 valence electrons. The van der Waals surface area contributed by atoms with Gasteiger partial charge in [0.25, 0.3) is 0 Å². The maximum absolute atomic E-state index is 14.0. The Bertz CT molecular complexity index is 1490. The molecule has 3 aromatic rings. The Labute approximate surface area is 215 Å². The molecule has 0 amide bonds. The molecule has 2 aliphatic heterocycles. The van der Waals surface area contributed by atoms with Crippen LogP contribution in [0.25, 0.3) is 0 Å². The summed E-state index contributed by atoms with van der Waals surface area (Å²) in [7, 11) is 0. The summed E-state index contributed by atoms with van der Waals surface area (Å²) in [6.07, 6.45) is 0. The van der Waals surface area contributed by atoms with Crippen molar-refractivity contribution in [1.82, 2.24) is 10.2 Å². The lowest BCUT2D eigenvalue weighted by Gasteiger charge is -2.38. The first-order valence-electron chi connectivity index (χ1n) is 11.2. The van der Waals surface area contributed by atoms with E-state index in [4.69, 9.17) is 11.6 Å². The van der Waals surface area contributed by atoms with E-state index in [2.05, 4.69) is 21.2 Å². The van der Waals surface area contributed by atoms with Crippen LogP contribution in [0.4, 0.5) is 0 Å². The zero-order chi connectivity index (χ0) is 24.3. The van der Waals surface area contributed by atoms with Gasteiger partial charge in [0.15, 0.2) is 11.6 Å². The van der Waals surface area contributed by atoms with E-state index in [-0.39, 0.29) is 17.3 Å². The summed E-state index contributed by atoms with van der Waals surface area (Å²) in [5.74, 6) is -0.776. The topological polar surface area (TPSA) is 66.5 Å². The van der Waals surface area contributed by atoms with Crippen LogP contribution in [0.15, 0.2) is 99.9 Å². The molecule has 1 atom stereocenters. The molecule has 0 saturated carbocycles. The smallest absolute Gasteiger partial charge is 0.210 e. The van der Waals surface area contributed by atoms with E-state index < -0.39 is 5.92 Å². The number of hydrogen-bond donors (Lipinski definition) is 1. The molecular weight excluding hydrogens is 528 g/mol. The van der Waals surface area contributed by atoms with Crippen LogP contribution in [0, 0.1) is 0 Å². The van der Waals surface area contributed by atoms with Gasteiger partial charge in [-0.1, -0.05) is 63.9 Å². The maximum Gasteiger partial charge on any atom is 0.210 e. The van der Waals surface area contributed by atoms with Gasteiger partial charge in [0.05, 0.1) is 11.3 Å². The number of hydrogen-bond acceptors (Lipinski definition) is 5. The molecular formula is C28H18BrClN2O3. The summed E-state index contributed by atoms with van der Waals surface area (Å²) < 4.78 is 0.861. The van der Waals surface area contributed by atoms with Crippen LogP contribution in [0.5, 0.6) is 0 Å². The predicted molar refractivity (Wildman–Crippen MR) is 137 cm³/mol. The van der Waals surface area contributed by atoms with E-state index in [9.17, 15) is 14.4 Å². The number of Topliss-reactive ketones (excluding diaryl/α,β-unsaturated/α-hetero) is 3. The van der Waals surface area contributed by atoms with Crippen molar-refractivity contribution in [2.24, 2.45) is 0 Å². The standard InChI is InChI=1S/C28H18BrClN2O3/c29-17-9-5-16(6-10-17)25(33)23-21(15-7-11-18(30)12-8-15)22-24(32-14-13-31-28(23)32)27(35)20-4-2-1-3-19(20)26(22)34/h1-12,21,31H,13-14H2. The fourth-order valence-corrected chi connectivity index (χ4v) is 5.53. The Hall–Kier alpha value is -3.48. The molecule has 0 aromatic heterocycles. The lowest BCUT2D eigenvalue weighted by molar-refractivity contribution is 0.0936. The fourth-order valence-electron chi connectivity index (χ4n) is 5.14. The molecule has 3 aromatic carbocycles. The van der Waals surface area contributed by atoms with Crippen molar-refractivity contribution in [2.75, 3.05) is 13.1 Å². The van der Waals surface area contributed by atoms with Gasteiger partial charge in [-0.15, -0.1) is 0 Å². The number of carbonyl (C=O) groups excluding carboxylic acids is 3. The molecule has 0 radical (unpaired) electrons. The molecule has 5 nitrogen and oxygen atoms in total. The van der Waals surface area contributed by atoms with Gasteiger partial charge in [-0.2, -0.15) is 0 Å². The highest BCUT2D eigenvalue weighted by Gasteiger charge is 2.48. The molecule has 1 saturated heterocycles.